The van der Waals surface area contributed by atoms with Gasteiger partial charge in [-0.15, -0.1) is 0 Å². The highest BCUT2D eigenvalue weighted by molar-refractivity contribution is 5.69. The first kappa shape index (κ1) is 29.5. The Balaban J connectivity index is 1.31. The number of rotatable bonds is 2. The summed E-state index contributed by atoms with van der Waals surface area (Å²) >= 11 is 0. The number of ether oxygens (including phenoxy) is 3. The minimum absolute atomic E-state index is 0.00706. The maximum atomic E-state index is 14.1. The number of aliphatic hydroxyl groups excluding tert-OH is 1. The summed E-state index contributed by atoms with van der Waals surface area (Å²) in [6, 6.07) is 8.21. The molecule has 1 saturated heterocycles. The molecule has 0 radical (unpaired) electrons. The van der Waals surface area contributed by atoms with Crippen LogP contribution in [0.4, 0.5) is 4.79 Å². The van der Waals surface area contributed by atoms with E-state index in [0.29, 0.717) is 0 Å². The van der Waals surface area contributed by atoms with Crippen LogP contribution < -0.4 is 0 Å². The first-order chi connectivity index (χ1) is 20.1. The van der Waals surface area contributed by atoms with Crippen LogP contribution >= 0.6 is 0 Å². The molecule has 10 atom stereocenters. The van der Waals surface area contributed by atoms with Gasteiger partial charge in [-0.25, -0.2) is 4.79 Å². The average molecular weight is 592 g/mol. The number of aliphatic hydroxyl groups is 2. The van der Waals surface area contributed by atoms with Crippen molar-refractivity contribution in [2.24, 2.45) is 34.0 Å². The van der Waals surface area contributed by atoms with Gasteiger partial charge in [0.2, 0.25) is 0 Å². The van der Waals surface area contributed by atoms with Crippen molar-refractivity contribution in [3.8, 4) is 0 Å². The van der Waals surface area contributed by atoms with Gasteiger partial charge in [0.15, 0.2) is 11.9 Å². The van der Waals surface area contributed by atoms with E-state index in [9.17, 15) is 15.0 Å². The van der Waals surface area contributed by atoms with Crippen LogP contribution in [0.3, 0.4) is 0 Å². The van der Waals surface area contributed by atoms with Crippen molar-refractivity contribution in [3.05, 3.63) is 58.7 Å². The zero-order valence-electron chi connectivity index (χ0n) is 27.0. The topological polar surface area (TPSA) is 88.5 Å². The summed E-state index contributed by atoms with van der Waals surface area (Å²) in [5, 5.41) is 26.0. The third kappa shape index (κ3) is 3.71. The summed E-state index contributed by atoms with van der Waals surface area (Å²) in [4.78, 5) is 15.8. The Morgan fingerprint density at radius 3 is 2.60 bits per heavy atom. The van der Waals surface area contributed by atoms with Crippen LogP contribution in [0.1, 0.15) is 84.9 Å². The minimum atomic E-state index is -1.73. The molecule has 1 amide bonds. The van der Waals surface area contributed by atoms with Crippen molar-refractivity contribution in [2.75, 3.05) is 13.7 Å². The second kappa shape index (κ2) is 9.18. The van der Waals surface area contributed by atoms with E-state index in [-0.39, 0.29) is 41.2 Å². The molecule has 1 aromatic rings. The monoisotopic (exact) mass is 591 g/mol. The van der Waals surface area contributed by atoms with Crippen LogP contribution in [0.15, 0.2) is 47.6 Å². The summed E-state index contributed by atoms with van der Waals surface area (Å²) in [6.45, 7) is 15.0. The molecule has 1 aliphatic heterocycles. The molecule has 234 valence electrons. The Hall–Kier alpha value is -2.19. The van der Waals surface area contributed by atoms with Crippen LogP contribution in [0.2, 0.25) is 0 Å². The Labute approximate surface area is 256 Å². The van der Waals surface area contributed by atoms with Crippen LogP contribution in [0, 0.1) is 34.0 Å². The van der Waals surface area contributed by atoms with Gasteiger partial charge in [0.25, 0.3) is 0 Å². The number of benzene rings is 1. The van der Waals surface area contributed by atoms with E-state index in [1.165, 1.54) is 5.56 Å². The number of nitrogens with zero attached hydrogens (tertiary/aromatic N) is 1. The quantitative estimate of drug-likeness (QED) is 0.414. The molecule has 2 N–H and O–H groups in total. The van der Waals surface area contributed by atoms with Crippen molar-refractivity contribution >= 4 is 6.09 Å². The third-order valence-electron chi connectivity index (χ3n) is 13.1. The van der Waals surface area contributed by atoms with Crippen LogP contribution in [0.25, 0.3) is 0 Å². The standard InChI is InChI=1S/C36H49NO6/c1-20-17-35-21(2)18-34(7)27(32(34,3)4)25(28(35)38)16-23-19-41-33(5,6)43-30(23)36(35,40)29(20)42-31(39)37(8)26-15-11-13-22-12-9-10-14-24(22)26/h9-10,12,14,16-17,21,25-30,38,40H,11,13,15,18-19H2,1-8H3/t21-,25+,26?,27-,28?,29+,30-,34?,35+,36-/m1/s1. The minimum Gasteiger partial charge on any atom is -0.438 e. The van der Waals surface area contributed by atoms with E-state index in [1.54, 1.807) is 11.9 Å². The maximum absolute atomic E-state index is 14.1. The first-order valence-corrected chi connectivity index (χ1v) is 16.2. The van der Waals surface area contributed by atoms with Crippen molar-refractivity contribution in [1.82, 2.24) is 4.90 Å². The zero-order valence-corrected chi connectivity index (χ0v) is 27.0. The normalized spacial score (nSPS) is 45.1. The molecule has 5 aliphatic carbocycles. The first-order valence-electron chi connectivity index (χ1n) is 16.2. The van der Waals surface area contributed by atoms with Crippen molar-refractivity contribution < 1.29 is 29.2 Å². The number of hydrogen-bond acceptors (Lipinski definition) is 6. The smallest absolute Gasteiger partial charge is 0.410 e. The van der Waals surface area contributed by atoms with Gasteiger partial charge in [0.05, 0.1) is 24.2 Å². The maximum Gasteiger partial charge on any atom is 0.410 e. The fraction of sp³-hybridized carbons (Fsp3) is 0.694. The number of carbonyl (C=O) groups excluding carboxylic acids is 1. The van der Waals surface area contributed by atoms with Gasteiger partial charge < -0.3 is 29.3 Å². The molecule has 7 heteroatoms. The lowest BCUT2D eigenvalue weighted by Crippen LogP contribution is -2.69. The molecular weight excluding hydrogens is 542 g/mol. The summed E-state index contributed by atoms with van der Waals surface area (Å²) in [5.74, 6) is -1.00. The second-order valence-corrected chi connectivity index (χ2v) is 15.8. The molecule has 7 rings (SSSR count). The van der Waals surface area contributed by atoms with Gasteiger partial charge in [0.1, 0.15) is 11.7 Å². The van der Waals surface area contributed by atoms with E-state index in [1.807, 2.05) is 39.0 Å². The van der Waals surface area contributed by atoms with E-state index in [4.69, 9.17) is 14.2 Å². The molecule has 0 aromatic heterocycles. The molecule has 7 nitrogen and oxygen atoms in total. The van der Waals surface area contributed by atoms with E-state index >= 15 is 0 Å². The van der Waals surface area contributed by atoms with Crippen molar-refractivity contribution in [2.45, 2.75) is 110 Å². The number of aryl methyl sites for hydroxylation is 1. The van der Waals surface area contributed by atoms with Crippen LogP contribution in [-0.2, 0) is 20.6 Å². The molecule has 43 heavy (non-hydrogen) atoms. The predicted octanol–water partition coefficient (Wildman–Crippen LogP) is 5.95. The third-order valence-corrected chi connectivity index (χ3v) is 13.1. The summed E-state index contributed by atoms with van der Waals surface area (Å²) in [5.41, 5.74) is 1.25. The molecular formula is C36H49NO6. The molecule has 3 unspecified atom stereocenters. The van der Waals surface area contributed by atoms with Gasteiger partial charge in [0, 0.05) is 13.0 Å². The Bertz CT molecular complexity index is 1410. The molecule has 3 fully saturated rings. The largest absolute Gasteiger partial charge is 0.438 e. The number of fused-ring (bicyclic) bond motifs is 6. The van der Waals surface area contributed by atoms with Crippen molar-refractivity contribution in [3.63, 3.8) is 0 Å². The van der Waals surface area contributed by atoms with Gasteiger partial charge in [-0.1, -0.05) is 64.1 Å². The molecule has 1 spiro atoms. The summed E-state index contributed by atoms with van der Waals surface area (Å²) in [7, 11) is 1.80. The highest BCUT2D eigenvalue weighted by atomic mass is 16.7. The van der Waals surface area contributed by atoms with E-state index in [2.05, 4.69) is 45.9 Å². The fourth-order valence-electron chi connectivity index (χ4n) is 10.7. The van der Waals surface area contributed by atoms with E-state index in [0.717, 1.165) is 42.4 Å². The number of amides is 1. The predicted molar refractivity (Wildman–Crippen MR) is 163 cm³/mol. The highest BCUT2D eigenvalue weighted by Crippen LogP contribution is 2.79. The SMILES string of the molecule is CC1=C[C@]23C(O)[C@@H](C=C4COC(C)(C)O[C@H]4[C@]2(O)[C@H]1OC(=O)N(C)C1CCCc2ccccc21)[C@@H]1C(C)(C)C1(C)C[C@H]3C. The number of hydrogen-bond donors (Lipinski definition) is 2. The molecule has 2 bridgehead atoms. The molecule has 1 aromatic carbocycles. The van der Waals surface area contributed by atoms with E-state index < -0.39 is 41.2 Å². The zero-order chi connectivity index (χ0) is 30.9. The Morgan fingerprint density at radius 1 is 1.14 bits per heavy atom. The van der Waals surface area contributed by atoms with Gasteiger partial charge >= 0.3 is 6.09 Å². The van der Waals surface area contributed by atoms with Crippen molar-refractivity contribution in [1.29, 1.82) is 0 Å². The highest BCUT2D eigenvalue weighted by Gasteiger charge is 2.80. The lowest BCUT2D eigenvalue weighted by Gasteiger charge is -2.55. The molecule has 6 aliphatic rings. The lowest BCUT2D eigenvalue weighted by atomic mass is 9.57. The Morgan fingerprint density at radius 2 is 1.86 bits per heavy atom. The summed E-state index contributed by atoms with van der Waals surface area (Å²) < 4.78 is 19.2. The second-order valence-electron chi connectivity index (χ2n) is 15.8. The average Bonchev–Trinajstić information content (AvgIpc) is 3.33. The molecule has 1 heterocycles. The van der Waals surface area contributed by atoms with Crippen LogP contribution in [-0.4, -0.2) is 64.6 Å². The Kier molecular flexibility index (Phi) is 6.30. The van der Waals surface area contributed by atoms with Gasteiger partial charge in [-0.3, -0.25) is 0 Å². The van der Waals surface area contributed by atoms with Crippen LogP contribution in [0.5, 0.6) is 0 Å². The van der Waals surface area contributed by atoms with Gasteiger partial charge in [-0.2, -0.15) is 0 Å². The fourth-order valence-corrected chi connectivity index (χ4v) is 10.7. The molecule has 2 saturated carbocycles. The lowest BCUT2D eigenvalue weighted by molar-refractivity contribution is -0.312. The van der Waals surface area contributed by atoms with Gasteiger partial charge in [-0.05, 0) is 91.4 Å². The summed E-state index contributed by atoms with van der Waals surface area (Å²) in [6.07, 6.45) is 4.73. The number of carbonyl (C=O) groups is 1.